The summed E-state index contributed by atoms with van der Waals surface area (Å²) in [6.45, 7) is 13.4. The quantitative estimate of drug-likeness (QED) is 0.227. The van der Waals surface area contributed by atoms with Gasteiger partial charge in [0.2, 0.25) is 11.6 Å². The van der Waals surface area contributed by atoms with Crippen molar-refractivity contribution in [3.8, 4) is 11.6 Å². The molecule has 1 aliphatic rings. The van der Waals surface area contributed by atoms with Crippen LogP contribution in [-0.4, -0.2) is 49.1 Å². The number of hydrogen-bond donors (Lipinski definition) is 3. The highest BCUT2D eigenvalue weighted by molar-refractivity contribution is 5.94. The molecule has 4 aromatic rings. The van der Waals surface area contributed by atoms with Crippen LogP contribution in [0.5, 0.6) is 5.75 Å². The number of anilines is 2. The lowest BCUT2D eigenvalue weighted by Gasteiger charge is -2.31. The van der Waals surface area contributed by atoms with E-state index in [-0.39, 0.29) is 33.9 Å². The van der Waals surface area contributed by atoms with E-state index in [1.165, 1.54) is 10.2 Å². The van der Waals surface area contributed by atoms with Crippen LogP contribution in [-0.2, 0) is 23.8 Å². The van der Waals surface area contributed by atoms with Gasteiger partial charge in [-0.3, -0.25) is 4.79 Å². The lowest BCUT2D eigenvalue weighted by molar-refractivity contribution is 0.0949. The second-order valence-electron chi connectivity index (χ2n) is 12.6. The highest BCUT2D eigenvalue weighted by Gasteiger charge is 2.28. The molecule has 0 atom stereocenters. The van der Waals surface area contributed by atoms with Gasteiger partial charge >= 0.3 is 0 Å². The van der Waals surface area contributed by atoms with Crippen molar-refractivity contribution >= 4 is 23.6 Å². The van der Waals surface area contributed by atoms with Crippen molar-refractivity contribution in [1.29, 1.82) is 0 Å². The molecule has 0 saturated carbocycles. The Morgan fingerprint density at radius 3 is 2.45 bits per heavy atom. The van der Waals surface area contributed by atoms with Crippen molar-refractivity contribution in [3.63, 3.8) is 0 Å². The van der Waals surface area contributed by atoms with E-state index in [9.17, 15) is 9.90 Å². The number of hydrogen-bond acceptors (Lipinski definition) is 10. The Bertz CT molecular complexity index is 1610. The molecule has 5 rings (SSSR count). The third-order valence-electron chi connectivity index (χ3n) is 7.35. The van der Waals surface area contributed by atoms with Gasteiger partial charge in [-0.05, 0) is 63.3 Å². The van der Waals surface area contributed by atoms with Crippen molar-refractivity contribution in [2.45, 2.75) is 71.8 Å². The number of benzene rings is 2. The molecule has 42 heavy (non-hydrogen) atoms. The minimum Gasteiger partial charge on any atom is -0.507 e. The molecule has 4 N–H and O–H groups in total. The fraction of sp³-hybridized carbons (Fsp3) is 0.400. The summed E-state index contributed by atoms with van der Waals surface area (Å²) in [5, 5.41) is 31.1. The summed E-state index contributed by atoms with van der Waals surface area (Å²) in [6, 6.07) is 12.0. The van der Waals surface area contributed by atoms with E-state index in [4.69, 9.17) is 10.4 Å². The highest BCUT2D eigenvalue weighted by Crippen LogP contribution is 2.39. The van der Waals surface area contributed by atoms with Crippen LogP contribution in [0.15, 0.2) is 46.1 Å². The summed E-state index contributed by atoms with van der Waals surface area (Å²) < 4.78 is 6.17. The van der Waals surface area contributed by atoms with Crippen molar-refractivity contribution in [3.05, 3.63) is 70.0 Å². The summed E-state index contributed by atoms with van der Waals surface area (Å²) >= 11 is 0. The fourth-order valence-electron chi connectivity index (χ4n) is 5.18. The largest absolute Gasteiger partial charge is 0.507 e. The first-order valence-electron chi connectivity index (χ1n) is 13.9. The number of fused-ring (bicyclic) bond motifs is 1. The number of hydrazone groups is 1. The number of para-hydroxylation sites is 1. The molecule has 0 fully saturated rings. The van der Waals surface area contributed by atoms with Crippen molar-refractivity contribution in [2.75, 3.05) is 17.2 Å². The Labute approximate surface area is 244 Å². The molecule has 2 aromatic heterocycles. The zero-order chi connectivity index (χ0) is 30.2. The van der Waals surface area contributed by atoms with Gasteiger partial charge in [0.05, 0.1) is 18.5 Å². The van der Waals surface area contributed by atoms with Gasteiger partial charge in [0, 0.05) is 23.4 Å². The average molecular weight is 572 g/mol. The van der Waals surface area contributed by atoms with E-state index in [0.29, 0.717) is 12.2 Å². The van der Waals surface area contributed by atoms with Gasteiger partial charge in [0.15, 0.2) is 5.69 Å². The van der Waals surface area contributed by atoms with Crippen LogP contribution in [0.3, 0.4) is 0 Å². The maximum atomic E-state index is 13.4. The standard InChI is InChI=1S/C30H37N9O3/c1-29(2,3)20-14-18(15-21(25(20)40)30(4,5)6)16-32-34-28(41)24-23(39(37-33-24)27-26(31)35-42-36-27)17-38-13-9-11-19-10-7-8-12-22(19)38/h7-8,10,12,14-16,40H,9,11,13,17H2,1-6H3,(H2,31,35)(H,34,41)/b32-16-. The molecule has 220 valence electrons. The number of aromatic nitrogens is 5. The molecule has 1 aliphatic heterocycles. The predicted octanol–water partition coefficient (Wildman–Crippen LogP) is 4.25. The number of carbonyl (C=O) groups is 1. The van der Waals surface area contributed by atoms with Crippen LogP contribution in [0.4, 0.5) is 11.5 Å². The summed E-state index contributed by atoms with van der Waals surface area (Å²) in [7, 11) is 0. The van der Waals surface area contributed by atoms with Crippen LogP contribution in [0.1, 0.15) is 86.4 Å². The van der Waals surface area contributed by atoms with Crippen molar-refractivity contribution < 1.29 is 14.5 Å². The van der Waals surface area contributed by atoms with E-state index in [1.54, 1.807) is 6.21 Å². The topological polar surface area (TPSA) is 161 Å². The summed E-state index contributed by atoms with van der Waals surface area (Å²) in [4.78, 5) is 15.6. The number of carbonyl (C=O) groups excluding carboxylic acids is 1. The lowest BCUT2D eigenvalue weighted by atomic mass is 9.78. The summed E-state index contributed by atoms with van der Waals surface area (Å²) in [5.74, 6) is -0.0855. The highest BCUT2D eigenvalue weighted by atomic mass is 16.6. The first-order valence-corrected chi connectivity index (χ1v) is 13.9. The monoisotopic (exact) mass is 571 g/mol. The lowest BCUT2D eigenvalue weighted by Crippen LogP contribution is -2.31. The third kappa shape index (κ3) is 5.69. The van der Waals surface area contributed by atoms with Gasteiger partial charge in [-0.2, -0.15) is 9.78 Å². The average Bonchev–Trinajstić information content (AvgIpc) is 3.53. The number of rotatable bonds is 6. The Morgan fingerprint density at radius 2 is 1.81 bits per heavy atom. The summed E-state index contributed by atoms with van der Waals surface area (Å²) in [6.07, 6.45) is 3.52. The van der Waals surface area contributed by atoms with Crippen molar-refractivity contribution in [2.24, 2.45) is 5.10 Å². The van der Waals surface area contributed by atoms with Gasteiger partial charge in [0.25, 0.3) is 5.91 Å². The van der Waals surface area contributed by atoms with E-state index < -0.39 is 5.91 Å². The number of aryl methyl sites for hydroxylation is 1. The molecule has 0 saturated heterocycles. The Hall–Kier alpha value is -4.74. The van der Waals surface area contributed by atoms with Crippen LogP contribution >= 0.6 is 0 Å². The molecule has 0 radical (unpaired) electrons. The number of nitrogens with zero attached hydrogens (tertiary/aromatic N) is 7. The number of nitrogen functional groups attached to an aromatic ring is 1. The Balaban J connectivity index is 1.46. The van der Waals surface area contributed by atoms with Gasteiger partial charge in [-0.1, -0.05) is 65.0 Å². The minimum atomic E-state index is -0.543. The molecule has 3 heterocycles. The number of phenols is 1. The number of amides is 1. The smallest absolute Gasteiger partial charge is 0.293 e. The van der Waals surface area contributed by atoms with Crippen LogP contribution in [0.25, 0.3) is 5.82 Å². The first kappa shape index (κ1) is 28.8. The zero-order valence-electron chi connectivity index (χ0n) is 24.8. The van der Waals surface area contributed by atoms with Crippen LogP contribution in [0.2, 0.25) is 0 Å². The second kappa shape index (κ2) is 10.9. The van der Waals surface area contributed by atoms with Crippen LogP contribution < -0.4 is 16.1 Å². The summed E-state index contributed by atoms with van der Waals surface area (Å²) in [5.41, 5.74) is 13.2. The third-order valence-corrected chi connectivity index (χ3v) is 7.35. The maximum Gasteiger partial charge on any atom is 0.293 e. The number of aromatic hydroxyl groups is 1. The molecule has 12 nitrogen and oxygen atoms in total. The SMILES string of the molecule is CC(C)(C)c1cc(/C=N\NC(=O)c2nnn(-c3nonc3N)c2CN2CCCc3ccccc32)cc(C(C)(C)C)c1O. The second-order valence-corrected chi connectivity index (χ2v) is 12.6. The predicted molar refractivity (Wildman–Crippen MR) is 160 cm³/mol. The van der Waals surface area contributed by atoms with Crippen molar-refractivity contribution in [1.82, 2.24) is 30.7 Å². The maximum absolute atomic E-state index is 13.4. The van der Waals surface area contributed by atoms with E-state index in [1.807, 2.05) is 65.8 Å². The van der Waals surface area contributed by atoms with Gasteiger partial charge in [-0.15, -0.1) is 5.10 Å². The van der Waals surface area contributed by atoms with E-state index in [2.05, 4.69) is 48.2 Å². The molecule has 1 amide bonds. The molecule has 2 aromatic carbocycles. The molecule has 0 aliphatic carbocycles. The molecule has 12 heteroatoms. The fourth-order valence-corrected chi connectivity index (χ4v) is 5.18. The van der Waals surface area contributed by atoms with Crippen LogP contribution in [0, 0.1) is 0 Å². The number of nitrogens with one attached hydrogen (secondary N) is 1. The molecular weight excluding hydrogens is 534 g/mol. The van der Waals surface area contributed by atoms with Gasteiger partial charge in [-0.25, -0.2) is 10.1 Å². The Kier molecular flexibility index (Phi) is 7.48. The van der Waals surface area contributed by atoms with E-state index in [0.717, 1.165) is 41.8 Å². The molecular formula is C30H37N9O3. The van der Waals surface area contributed by atoms with Gasteiger partial charge < -0.3 is 15.7 Å². The number of nitrogens with two attached hydrogens (primary N) is 1. The normalized spacial score (nSPS) is 13.9. The number of phenolic OH excluding ortho intramolecular Hbond substituents is 1. The minimum absolute atomic E-state index is 0.0295. The zero-order valence-corrected chi connectivity index (χ0v) is 24.8. The molecule has 0 spiro atoms. The molecule has 0 bridgehead atoms. The first-order chi connectivity index (χ1) is 19.8. The van der Waals surface area contributed by atoms with E-state index >= 15 is 0 Å². The molecule has 0 unspecified atom stereocenters. The van der Waals surface area contributed by atoms with Gasteiger partial charge in [0.1, 0.15) is 5.75 Å². The Morgan fingerprint density at radius 1 is 1.12 bits per heavy atom.